The van der Waals surface area contributed by atoms with Crippen LogP contribution in [-0.4, -0.2) is 36.2 Å². The fourth-order valence-electron chi connectivity index (χ4n) is 3.46. The summed E-state index contributed by atoms with van der Waals surface area (Å²) in [7, 11) is 1.68. The number of hydrogen-bond donors (Lipinski definition) is 1. The quantitative estimate of drug-likeness (QED) is 0.743. The first kappa shape index (κ1) is 17.2. The Bertz CT molecular complexity index is 873. The van der Waals surface area contributed by atoms with Gasteiger partial charge in [-0.1, -0.05) is 6.07 Å². The lowest BCUT2D eigenvalue weighted by Gasteiger charge is -2.32. The van der Waals surface area contributed by atoms with Crippen LogP contribution in [0.25, 0.3) is 10.9 Å². The summed E-state index contributed by atoms with van der Waals surface area (Å²) >= 11 is 1.81. The fraction of sp³-hybridized carbons (Fsp3) is 0.400. The zero-order chi connectivity index (χ0) is 17.9. The van der Waals surface area contributed by atoms with Crippen molar-refractivity contribution >= 4 is 28.2 Å². The van der Waals surface area contributed by atoms with Gasteiger partial charge in [0.25, 0.3) is 0 Å². The molecule has 136 valence electrons. The number of hydrogen-bond acceptors (Lipinski definition) is 6. The van der Waals surface area contributed by atoms with Crippen molar-refractivity contribution in [3.63, 3.8) is 0 Å². The molecule has 6 heteroatoms. The van der Waals surface area contributed by atoms with Gasteiger partial charge in [0.05, 0.1) is 18.3 Å². The molecular weight excluding hydrogens is 344 g/mol. The molecule has 1 saturated heterocycles. The van der Waals surface area contributed by atoms with E-state index in [-0.39, 0.29) is 0 Å². The highest BCUT2D eigenvalue weighted by molar-refractivity contribution is 7.09. The number of nitrogens with zero attached hydrogens (tertiary/aromatic N) is 3. The molecule has 0 amide bonds. The lowest BCUT2D eigenvalue weighted by atomic mass is 10.1. The molecule has 1 fully saturated rings. The second-order valence-corrected chi connectivity index (χ2v) is 7.75. The van der Waals surface area contributed by atoms with Crippen molar-refractivity contribution in [3.8, 4) is 5.75 Å². The van der Waals surface area contributed by atoms with Crippen molar-refractivity contribution in [1.29, 1.82) is 0 Å². The van der Waals surface area contributed by atoms with Crippen molar-refractivity contribution in [1.82, 2.24) is 15.3 Å². The summed E-state index contributed by atoms with van der Waals surface area (Å²) in [6.07, 6.45) is 2.24. The smallest absolute Gasteiger partial charge is 0.226 e. The lowest BCUT2D eigenvalue weighted by Crippen LogP contribution is -2.42. The number of anilines is 1. The normalized spacial score (nSPS) is 15.5. The van der Waals surface area contributed by atoms with Crippen LogP contribution in [0.15, 0.2) is 35.7 Å². The first-order valence-electron chi connectivity index (χ1n) is 9.06. The molecule has 0 spiro atoms. The van der Waals surface area contributed by atoms with Crippen molar-refractivity contribution in [2.24, 2.45) is 0 Å². The number of fused-ring (bicyclic) bond motifs is 1. The number of ether oxygens (including phenoxy) is 1. The number of rotatable bonds is 5. The van der Waals surface area contributed by atoms with Gasteiger partial charge >= 0.3 is 0 Å². The largest absolute Gasteiger partial charge is 0.497 e. The number of aromatic nitrogens is 2. The van der Waals surface area contributed by atoms with Crippen molar-refractivity contribution in [2.45, 2.75) is 32.4 Å². The zero-order valence-corrected chi connectivity index (χ0v) is 16.1. The Hall–Kier alpha value is -2.18. The summed E-state index contributed by atoms with van der Waals surface area (Å²) < 4.78 is 5.31. The molecule has 0 atom stereocenters. The maximum absolute atomic E-state index is 5.31. The second kappa shape index (κ2) is 7.60. The predicted molar refractivity (Wildman–Crippen MR) is 107 cm³/mol. The third kappa shape index (κ3) is 3.66. The van der Waals surface area contributed by atoms with E-state index in [9.17, 15) is 0 Å². The molecule has 1 aliphatic rings. The predicted octanol–water partition coefficient (Wildman–Crippen LogP) is 3.77. The Labute approximate surface area is 158 Å². The van der Waals surface area contributed by atoms with E-state index in [1.807, 2.05) is 36.5 Å². The Morgan fingerprint density at radius 3 is 2.81 bits per heavy atom. The van der Waals surface area contributed by atoms with Crippen molar-refractivity contribution in [3.05, 3.63) is 46.3 Å². The molecule has 2 aromatic heterocycles. The molecule has 26 heavy (non-hydrogen) atoms. The fourth-order valence-corrected chi connectivity index (χ4v) is 4.11. The van der Waals surface area contributed by atoms with Gasteiger partial charge in [-0.25, -0.2) is 9.97 Å². The van der Waals surface area contributed by atoms with Crippen LogP contribution in [0, 0.1) is 6.92 Å². The van der Waals surface area contributed by atoms with E-state index < -0.39 is 0 Å². The minimum absolute atomic E-state index is 0.569. The Kier molecular flexibility index (Phi) is 5.04. The summed E-state index contributed by atoms with van der Waals surface area (Å²) in [5, 5.41) is 6.87. The molecule has 0 aliphatic carbocycles. The van der Waals surface area contributed by atoms with Gasteiger partial charge in [0, 0.05) is 35.9 Å². The summed E-state index contributed by atoms with van der Waals surface area (Å²) in [6.45, 7) is 4.99. The van der Waals surface area contributed by atoms with Gasteiger partial charge in [0.2, 0.25) is 5.95 Å². The highest BCUT2D eigenvalue weighted by Crippen LogP contribution is 2.25. The molecule has 5 nitrogen and oxygen atoms in total. The van der Waals surface area contributed by atoms with Crippen LogP contribution in [0.2, 0.25) is 0 Å². The van der Waals surface area contributed by atoms with Crippen LogP contribution in [0.4, 0.5) is 5.95 Å². The number of methoxy groups -OCH3 is 1. The van der Waals surface area contributed by atoms with E-state index in [1.165, 1.54) is 4.88 Å². The highest BCUT2D eigenvalue weighted by Gasteiger charge is 2.21. The van der Waals surface area contributed by atoms with Gasteiger partial charge in [0.1, 0.15) is 5.75 Å². The molecule has 1 aliphatic heterocycles. The zero-order valence-electron chi connectivity index (χ0n) is 15.2. The van der Waals surface area contributed by atoms with Crippen LogP contribution < -0.4 is 15.0 Å². The first-order valence-corrected chi connectivity index (χ1v) is 9.94. The average Bonchev–Trinajstić information content (AvgIpc) is 3.20. The molecular formula is C20H24N4OS. The van der Waals surface area contributed by atoms with E-state index >= 15 is 0 Å². The summed E-state index contributed by atoms with van der Waals surface area (Å²) in [5.41, 5.74) is 1.98. The number of piperidine rings is 1. The molecule has 3 heterocycles. The van der Waals surface area contributed by atoms with Gasteiger partial charge in [-0.15, -0.1) is 11.3 Å². The monoisotopic (exact) mass is 368 g/mol. The van der Waals surface area contributed by atoms with Gasteiger partial charge in [-0.3, -0.25) is 0 Å². The standard InChI is InChI=1S/C20H24N4OS/c1-14-18-12-16(25-2)5-6-19(18)23-20(22-14)24-9-7-15(8-10-24)21-13-17-4-3-11-26-17/h3-6,11-12,15,21H,7-10,13H2,1-2H3. The third-order valence-electron chi connectivity index (χ3n) is 5.00. The number of nitrogens with one attached hydrogen (secondary N) is 1. The average molecular weight is 369 g/mol. The van der Waals surface area contributed by atoms with Gasteiger partial charge in [0.15, 0.2) is 0 Å². The maximum Gasteiger partial charge on any atom is 0.226 e. The van der Waals surface area contributed by atoms with Gasteiger partial charge < -0.3 is 15.0 Å². The van der Waals surface area contributed by atoms with Gasteiger partial charge in [-0.2, -0.15) is 0 Å². The highest BCUT2D eigenvalue weighted by atomic mass is 32.1. The molecule has 0 radical (unpaired) electrons. The number of thiophene rings is 1. The third-order valence-corrected chi connectivity index (χ3v) is 5.88. The maximum atomic E-state index is 5.31. The van der Waals surface area contributed by atoms with Crippen molar-refractivity contribution in [2.75, 3.05) is 25.1 Å². The second-order valence-electron chi connectivity index (χ2n) is 6.71. The summed E-state index contributed by atoms with van der Waals surface area (Å²) in [4.78, 5) is 13.2. The van der Waals surface area contributed by atoms with E-state index in [0.717, 1.165) is 60.8 Å². The van der Waals surface area contributed by atoms with Crippen LogP contribution in [0.3, 0.4) is 0 Å². The Balaban J connectivity index is 1.42. The number of aryl methyl sites for hydroxylation is 1. The molecule has 1 aromatic carbocycles. The lowest BCUT2D eigenvalue weighted by molar-refractivity contribution is 0.412. The van der Waals surface area contributed by atoms with Gasteiger partial charge in [-0.05, 0) is 49.4 Å². The topological polar surface area (TPSA) is 50.3 Å². The van der Waals surface area contributed by atoms with Crippen LogP contribution >= 0.6 is 11.3 Å². The molecule has 3 aromatic rings. The van der Waals surface area contributed by atoms with Crippen LogP contribution in [0.5, 0.6) is 5.75 Å². The summed E-state index contributed by atoms with van der Waals surface area (Å²) in [5.74, 6) is 1.69. The molecule has 4 rings (SSSR count). The molecule has 0 saturated carbocycles. The number of benzene rings is 1. The van der Waals surface area contributed by atoms with E-state index in [2.05, 4.69) is 27.7 Å². The Morgan fingerprint density at radius 1 is 1.23 bits per heavy atom. The van der Waals surface area contributed by atoms with E-state index in [1.54, 1.807) is 7.11 Å². The van der Waals surface area contributed by atoms with Crippen LogP contribution in [-0.2, 0) is 6.54 Å². The van der Waals surface area contributed by atoms with Crippen molar-refractivity contribution < 1.29 is 4.74 Å². The van der Waals surface area contributed by atoms with Crippen LogP contribution in [0.1, 0.15) is 23.4 Å². The minimum atomic E-state index is 0.569. The minimum Gasteiger partial charge on any atom is -0.497 e. The SMILES string of the molecule is COc1ccc2nc(N3CCC(NCc4cccs4)CC3)nc(C)c2c1. The molecule has 0 bridgehead atoms. The first-order chi connectivity index (χ1) is 12.7. The van der Waals surface area contributed by atoms with E-state index in [0.29, 0.717) is 6.04 Å². The Morgan fingerprint density at radius 2 is 2.08 bits per heavy atom. The summed E-state index contributed by atoms with van der Waals surface area (Å²) in [6, 6.07) is 10.8. The van der Waals surface area contributed by atoms with E-state index in [4.69, 9.17) is 14.7 Å². The molecule has 0 unspecified atom stereocenters. The molecule has 1 N–H and O–H groups in total.